The molecule has 17 heavy (non-hydrogen) atoms. The average molecular weight is 245 g/mol. The van der Waals surface area contributed by atoms with Crippen LogP contribution in [-0.2, 0) is 9.53 Å². The number of ether oxygens (including phenoxy) is 1. The molecule has 0 atom stereocenters. The van der Waals surface area contributed by atoms with Gasteiger partial charge < -0.3 is 15.2 Å². The van der Waals surface area contributed by atoms with E-state index in [-0.39, 0.29) is 24.7 Å². The van der Waals surface area contributed by atoms with Crippen molar-refractivity contribution in [2.75, 3.05) is 18.5 Å². The molecule has 0 aromatic heterocycles. The van der Waals surface area contributed by atoms with E-state index >= 15 is 0 Å². The molecule has 0 aliphatic rings. The predicted octanol–water partition coefficient (Wildman–Crippen LogP) is 2.00. The lowest BCUT2D eigenvalue weighted by Gasteiger charge is -2.06. The molecule has 0 bridgehead atoms. The lowest BCUT2D eigenvalue weighted by atomic mass is 10.3. The smallest absolute Gasteiger partial charge is 0.261 e. The second-order valence-electron chi connectivity index (χ2n) is 3.31. The molecule has 0 saturated heterocycles. The molecule has 1 aromatic rings. The van der Waals surface area contributed by atoms with Gasteiger partial charge in [0, 0.05) is 11.8 Å². The number of anilines is 1. The van der Waals surface area contributed by atoms with Crippen molar-refractivity contribution in [1.82, 2.24) is 0 Å². The number of amides is 1. The molecule has 0 aliphatic heterocycles. The number of phenols is 1. The fraction of sp³-hybridized carbons (Fsp3) is 0.364. The van der Waals surface area contributed by atoms with Crippen LogP contribution in [-0.4, -0.2) is 30.7 Å². The lowest BCUT2D eigenvalue weighted by molar-refractivity contribution is -0.117. The summed E-state index contributed by atoms with van der Waals surface area (Å²) in [4.78, 5) is 11.3. The van der Waals surface area contributed by atoms with Crippen LogP contribution in [0.25, 0.3) is 0 Å². The van der Waals surface area contributed by atoms with E-state index in [1.165, 1.54) is 12.1 Å². The van der Waals surface area contributed by atoms with Gasteiger partial charge in [0.15, 0.2) is 0 Å². The van der Waals surface area contributed by atoms with E-state index in [1.807, 2.05) is 0 Å². The van der Waals surface area contributed by atoms with Crippen LogP contribution < -0.4 is 5.32 Å². The van der Waals surface area contributed by atoms with E-state index in [4.69, 9.17) is 5.11 Å². The minimum atomic E-state index is -2.52. The Kier molecular flexibility index (Phi) is 5.35. The van der Waals surface area contributed by atoms with Crippen LogP contribution in [0, 0.1) is 0 Å². The molecule has 0 radical (unpaired) electrons. The molecule has 94 valence electrons. The largest absolute Gasteiger partial charge is 0.508 e. The third-order valence-electron chi connectivity index (χ3n) is 1.85. The summed E-state index contributed by atoms with van der Waals surface area (Å²) in [5, 5.41) is 11.6. The molecule has 0 aliphatic carbocycles. The molecule has 0 fully saturated rings. The SMILES string of the molecule is O=C(CCOCC(F)F)Nc1cccc(O)c1. The van der Waals surface area contributed by atoms with Crippen LogP contribution in [0.5, 0.6) is 5.75 Å². The summed E-state index contributed by atoms with van der Waals surface area (Å²) < 4.78 is 28.0. The monoisotopic (exact) mass is 245 g/mol. The van der Waals surface area contributed by atoms with Gasteiger partial charge in [-0.15, -0.1) is 0 Å². The summed E-state index contributed by atoms with van der Waals surface area (Å²) in [5.41, 5.74) is 0.448. The molecule has 1 amide bonds. The first-order valence-electron chi connectivity index (χ1n) is 5.02. The number of halogens is 2. The van der Waals surface area contributed by atoms with Crippen LogP contribution in [0.4, 0.5) is 14.5 Å². The van der Waals surface area contributed by atoms with Gasteiger partial charge in [-0.25, -0.2) is 8.78 Å². The van der Waals surface area contributed by atoms with Gasteiger partial charge in [-0.2, -0.15) is 0 Å². The van der Waals surface area contributed by atoms with Gasteiger partial charge in [-0.1, -0.05) is 6.07 Å². The Bertz CT molecular complexity index is 371. The predicted molar refractivity (Wildman–Crippen MR) is 58.2 cm³/mol. The zero-order chi connectivity index (χ0) is 12.7. The van der Waals surface area contributed by atoms with E-state index < -0.39 is 13.0 Å². The Hall–Kier alpha value is -1.69. The zero-order valence-corrected chi connectivity index (χ0v) is 9.03. The summed E-state index contributed by atoms with van der Waals surface area (Å²) in [5.74, 6) is -0.318. The fourth-order valence-electron chi connectivity index (χ4n) is 1.14. The number of phenolic OH excluding ortho intramolecular Hbond substituents is 1. The maximum absolute atomic E-state index is 11.7. The maximum atomic E-state index is 11.7. The number of rotatable bonds is 6. The summed E-state index contributed by atoms with van der Waals surface area (Å²) >= 11 is 0. The number of hydrogen-bond acceptors (Lipinski definition) is 3. The number of alkyl halides is 2. The maximum Gasteiger partial charge on any atom is 0.261 e. The first kappa shape index (κ1) is 13.4. The Balaban J connectivity index is 2.25. The molecule has 0 saturated carbocycles. The van der Waals surface area contributed by atoms with Gasteiger partial charge in [0.25, 0.3) is 6.43 Å². The van der Waals surface area contributed by atoms with Crippen LogP contribution in [0.3, 0.4) is 0 Å². The van der Waals surface area contributed by atoms with Crippen LogP contribution >= 0.6 is 0 Å². The van der Waals surface area contributed by atoms with E-state index in [1.54, 1.807) is 12.1 Å². The number of aromatic hydroxyl groups is 1. The number of carbonyl (C=O) groups is 1. The van der Waals surface area contributed by atoms with E-state index in [2.05, 4.69) is 10.1 Å². The Morgan fingerprint density at radius 2 is 2.24 bits per heavy atom. The molecular weight excluding hydrogens is 232 g/mol. The standard InChI is InChI=1S/C11H13F2NO3/c12-10(13)7-17-5-4-11(16)14-8-2-1-3-9(15)6-8/h1-3,6,10,15H,4-5,7H2,(H,14,16). The molecule has 6 heteroatoms. The van der Waals surface area contributed by atoms with Gasteiger partial charge in [-0.05, 0) is 12.1 Å². The van der Waals surface area contributed by atoms with Crippen LogP contribution in [0.15, 0.2) is 24.3 Å². The second kappa shape index (κ2) is 6.80. The Morgan fingerprint density at radius 1 is 1.47 bits per heavy atom. The molecule has 1 aromatic carbocycles. The number of carbonyl (C=O) groups excluding carboxylic acids is 1. The van der Waals surface area contributed by atoms with E-state index in [0.717, 1.165) is 0 Å². The number of benzene rings is 1. The first-order chi connectivity index (χ1) is 8.08. The number of hydrogen-bond donors (Lipinski definition) is 2. The molecule has 1 rings (SSSR count). The van der Waals surface area contributed by atoms with Gasteiger partial charge in [0.1, 0.15) is 12.4 Å². The van der Waals surface area contributed by atoms with Crippen molar-refractivity contribution in [3.63, 3.8) is 0 Å². The van der Waals surface area contributed by atoms with E-state index in [9.17, 15) is 13.6 Å². The minimum absolute atomic E-state index is 0.0115. The minimum Gasteiger partial charge on any atom is -0.508 e. The van der Waals surface area contributed by atoms with Gasteiger partial charge in [0.05, 0.1) is 13.0 Å². The summed E-state index contributed by atoms with van der Waals surface area (Å²) in [6.45, 7) is -0.728. The summed E-state index contributed by atoms with van der Waals surface area (Å²) in [6, 6.07) is 6.05. The Morgan fingerprint density at radius 3 is 2.88 bits per heavy atom. The third-order valence-corrected chi connectivity index (χ3v) is 1.85. The quantitative estimate of drug-likeness (QED) is 0.753. The first-order valence-corrected chi connectivity index (χ1v) is 5.02. The normalized spacial score (nSPS) is 10.5. The molecule has 4 nitrogen and oxygen atoms in total. The van der Waals surface area contributed by atoms with Crippen molar-refractivity contribution < 1.29 is 23.4 Å². The van der Waals surface area contributed by atoms with Crippen molar-refractivity contribution in [1.29, 1.82) is 0 Å². The molecule has 2 N–H and O–H groups in total. The number of nitrogens with one attached hydrogen (secondary N) is 1. The average Bonchev–Trinajstić information content (AvgIpc) is 2.24. The van der Waals surface area contributed by atoms with Crippen molar-refractivity contribution in [3.05, 3.63) is 24.3 Å². The molecule has 0 spiro atoms. The highest BCUT2D eigenvalue weighted by Crippen LogP contribution is 2.15. The highest BCUT2D eigenvalue weighted by Gasteiger charge is 2.05. The topological polar surface area (TPSA) is 58.6 Å². The van der Waals surface area contributed by atoms with Crippen molar-refractivity contribution in [3.8, 4) is 5.75 Å². The van der Waals surface area contributed by atoms with Crippen molar-refractivity contribution >= 4 is 11.6 Å². The van der Waals surface area contributed by atoms with E-state index in [0.29, 0.717) is 5.69 Å². The highest BCUT2D eigenvalue weighted by atomic mass is 19.3. The second-order valence-corrected chi connectivity index (χ2v) is 3.31. The summed E-state index contributed by atoms with van der Waals surface area (Å²) in [7, 11) is 0. The molecule has 0 unspecified atom stereocenters. The Labute approximate surface area is 97.2 Å². The zero-order valence-electron chi connectivity index (χ0n) is 9.03. The van der Waals surface area contributed by atoms with Crippen molar-refractivity contribution in [2.24, 2.45) is 0 Å². The van der Waals surface area contributed by atoms with Crippen molar-refractivity contribution in [2.45, 2.75) is 12.8 Å². The van der Waals surface area contributed by atoms with Crippen LogP contribution in [0.2, 0.25) is 0 Å². The highest BCUT2D eigenvalue weighted by molar-refractivity contribution is 5.90. The third kappa shape index (κ3) is 5.82. The van der Waals surface area contributed by atoms with Crippen LogP contribution in [0.1, 0.15) is 6.42 Å². The van der Waals surface area contributed by atoms with Gasteiger partial charge >= 0.3 is 0 Å². The van der Waals surface area contributed by atoms with Gasteiger partial charge in [-0.3, -0.25) is 4.79 Å². The summed E-state index contributed by atoms with van der Waals surface area (Å²) in [6.07, 6.45) is -2.54. The molecular formula is C11H13F2NO3. The molecule has 0 heterocycles. The van der Waals surface area contributed by atoms with Gasteiger partial charge in [0.2, 0.25) is 5.91 Å². The lowest BCUT2D eigenvalue weighted by Crippen LogP contribution is -2.15. The fourth-order valence-corrected chi connectivity index (χ4v) is 1.14.